The number of fused-ring (bicyclic) bond motifs is 2. The third kappa shape index (κ3) is 4.65. The highest BCUT2D eigenvalue weighted by Crippen LogP contribution is 2.33. The first kappa shape index (κ1) is 22.0. The molecule has 2 aromatic heterocycles. The van der Waals surface area contributed by atoms with E-state index in [4.69, 9.17) is 4.74 Å². The normalized spacial score (nSPS) is 10.8. The van der Waals surface area contributed by atoms with Crippen molar-refractivity contribution in [2.75, 3.05) is 10.6 Å². The number of carbonyl (C=O) groups excluding carboxylic acids is 1. The van der Waals surface area contributed by atoms with Crippen molar-refractivity contribution in [3.05, 3.63) is 97.0 Å². The van der Waals surface area contributed by atoms with Crippen LogP contribution in [0.1, 0.15) is 11.3 Å². The van der Waals surface area contributed by atoms with E-state index in [-0.39, 0.29) is 5.91 Å². The van der Waals surface area contributed by atoms with Gasteiger partial charge in [0.25, 0.3) is 0 Å². The molecule has 2 N–H and O–H groups in total. The quantitative estimate of drug-likeness (QED) is 0.282. The Balaban J connectivity index is 1.43. The molecule has 0 atom stereocenters. The molecular formula is C28H23N5O2. The van der Waals surface area contributed by atoms with Crippen molar-refractivity contribution in [1.29, 1.82) is 0 Å². The van der Waals surface area contributed by atoms with E-state index in [1.165, 1.54) is 12.4 Å². The summed E-state index contributed by atoms with van der Waals surface area (Å²) in [7, 11) is 0. The molecule has 0 aliphatic carbocycles. The number of rotatable bonds is 6. The van der Waals surface area contributed by atoms with E-state index in [2.05, 4.69) is 32.2 Å². The lowest BCUT2D eigenvalue weighted by Crippen LogP contribution is -2.07. The van der Waals surface area contributed by atoms with Crippen LogP contribution in [0.15, 0.2) is 85.7 Å². The van der Waals surface area contributed by atoms with Gasteiger partial charge >= 0.3 is 0 Å². The molecular weight excluding hydrogens is 438 g/mol. The standard InChI is InChI=1S/C28H23N5O2/c1-4-26(34)32-21-10-12-23-22(15-21)28(30-16-29-23)33-20-11-13-24(17(2)14-20)35-25-7-5-6-19-9-8-18(3)31-27(19)25/h4-16H,1H2,2-3H3,(H,32,34)(H,29,30,33). The second kappa shape index (κ2) is 9.23. The number of ether oxygens (including phenoxy) is 1. The first-order valence-electron chi connectivity index (χ1n) is 11.1. The molecule has 0 saturated heterocycles. The monoisotopic (exact) mass is 461 g/mol. The van der Waals surface area contributed by atoms with Gasteiger partial charge in [0.2, 0.25) is 5.91 Å². The fourth-order valence-corrected chi connectivity index (χ4v) is 3.82. The third-order valence-electron chi connectivity index (χ3n) is 5.57. The molecule has 7 heteroatoms. The van der Waals surface area contributed by atoms with Gasteiger partial charge in [-0.15, -0.1) is 0 Å². The van der Waals surface area contributed by atoms with Gasteiger partial charge in [-0.25, -0.2) is 15.0 Å². The lowest BCUT2D eigenvalue weighted by Gasteiger charge is -2.14. The Bertz CT molecular complexity index is 1600. The highest BCUT2D eigenvalue weighted by atomic mass is 16.5. The lowest BCUT2D eigenvalue weighted by atomic mass is 10.1. The molecule has 1 amide bonds. The van der Waals surface area contributed by atoms with Crippen LogP contribution in [0.4, 0.5) is 17.2 Å². The summed E-state index contributed by atoms with van der Waals surface area (Å²) in [6, 6.07) is 21.3. The number of nitrogens with zero attached hydrogens (tertiary/aromatic N) is 3. The number of aromatic nitrogens is 3. The van der Waals surface area contributed by atoms with Gasteiger partial charge in [0.1, 0.15) is 23.4 Å². The third-order valence-corrected chi connectivity index (χ3v) is 5.57. The average molecular weight is 462 g/mol. The van der Waals surface area contributed by atoms with Crippen LogP contribution in [0.5, 0.6) is 11.5 Å². The molecule has 172 valence electrons. The minimum absolute atomic E-state index is 0.279. The molecule has 0 aliphatic rings. The van der Waals surface area contributed by atoms with Crippen LogP contribution in [0, 0.1) is 13.8 Å². The lowest BCUT2D eigenvalue weighted by molar-refractivity contribution is -0.111. The van der Waals surface area contributed by atoms with Gasteiger partial charge < -0.3 is 15.4 Å². The minimum Gasteiger partial charge on any atom is -0.455 e. The molecule has 2 heterocycles. The highest BCUT2D eigenvalue weighted by Gasteiger charge is 2.10. The molecule has 3 aromatic carbocycles. The smallest absolute Gasteiger partial charge is 0.247 e. The first-order valence-corrected chi connectivity index (χ1v) is 11.1. The van der Waals surface area contributed by atoms with Gasteiger partial charge in [-0.05, 0) is 74.0 Å². The summed E-state index contributed by atoms with van der Waals surface area (Å²) in [6.45, 7) is 7.45. The second-order valence-corrected chi connectivity index (χ2v) is 8.14. The number of anilines is 3. The summed E-state index contributed by atoms with van der Waals surface area (Å²) in [4.78, 5) is 25.1. The summed E-state index contributed by atoms with van der Waals surface area (Å²) < 4.78 is 6.25. The Morgan fingerprint density at radius 1 is 0.943 bits per heavy atom. The summed E-state index contributed by atoms with van der Waals surface area (Å²) >= 11 is 0. The molecule has 0 saturated carbocycles. The van der Waals surface area contributed by atoms with Crippen LogP contribution in [0.3, 0.4) is 0 Å². The summed E-state index contributed by atoms with van der Waals surface area (Å²) in [5.41, 5.74) is 4.97. The maximum Gasteiger partial charge on any atom is 0.247 e. The van der Waals surface area contributed by atoms with Gasteiger partial charge in [0, 0.05) is 27.8 Å². The molecule has 35 heavy (non-hydrogen) atoms. The van der Waals surface area contributed by atoms with Crippen LogP contribution in [-0.2, 0) is 4.79 Å². The van der Waals surface area contributed by atoms with Crippen molar-refractivity contribution in [2.45, 2.75) is 13.8 Å². The van der Waals surface area contributed by atoms with Crippen molar-refractivity contribution in [2.24, 2.45) is 0 Å². The summed E-state index contributed by atoms with van der Waals surface area (Å²) in [5.74, 6) is 1.81. The SMILES string of the molecule is C=CC(=O)Nc1ccc2ncnc(Nc3ccc(Oc4cccc5ccc(C)nc45)c(C)c3)c2c1. The molecule has 0 aliphatic heterocycles. The Morgan fingerprint density at radius 2 is 1.80 bits per heavy atom. The van der Waals surface area contributed by atoms with Crippen molar-refractivity contribution >= 4 is 44.9 Å². The molecule has 0 unspecified atom stereocenters. The molecule has 0 bridgehead atoms. The van der Waals surface area contributed by atoms with E-state index in [0.29, 0.717) is 17.3 Å². The van der Waals surface area contributed by atoms with Crippen LogP contribution < -0.4 is 15.4 Å². The van der Waals surface area contributed by atoms with Crippen LogP contribution in [0.25, 0.3) is 21.8 Å². The summed E-state index contributed by atoms with van der Waals surface area (Å²) in [5, 5.41) is 7.94. The number of hydrogen-bond donors (Lipinski definition) is 2. The minimum atomic E-state index is -0.279. The molecule has 0 fully saturated rings. The van der Waals surface area contributed by atoms with Gasteiger partial charge in [-0.3, -0.25) is 4.79 Å². The Labute approximate surface area is 202 Å². The molecule has 5 rings (SSSR count). The maximum atomic E-state index is 11.7. The van der Waals surface area contributed by atoms with Gasteiger partial charge in [0.05, 0.1) is 5.52 Å². The molecule has 0 radical (unpaired) electrons. The zero-order valence-electron chi connectivity index (χ0n) is 19.4. The predicted octanol–water partition coefficient (Wildman–Crippen LogP) is 6.46. The number of pyridine rings is 1. The molecule has 0 spiro atoms. The number of nitrogens with one attached hydrogen (secondary N) is 2. The first-order chi connectivity index (χ1) is 17.0. The van der Waals surface area contributed by atoms with Crippen LogP contribution >= 0.6 is 0 Å². The number of benzene rings is 3. The molecule has 5 aromatic rings. The van der Waals surface area contributed by atoms with Crippen molar-refractivity contribution < 1.29 is 9.53 Å². The highest BCUT2D eigenvalue weighted by molar-refractivity contribution is 6.01. The fourth-order valence-electron chi connectivity index (χ4n) is 3.82. The molecule has 7 nitrogen and oxygen atoms in total. The number of carbonyl (C=O) groups is 1. The van der Waals surface area contributed by atoms with Gasteiger partial charge in [-0.1, -0.05) is 24.8 Å². The zero-order chi connectivity index (χ0) is 24.4. The zero-order valence-corrected chi connectivity index (χ0v) is 19.4. The van der Waals surface area contributed by atoms with Crippen molar-refractivity contribution in [1.82, 2.24) is 15.0 Å². The largest absolute Gasteiger partial charge is 0.455 e. The number of aryl methyl sites for hydroxylation is 2. The van der Waals surface area contributed by atoms with E-state index in [1.807, 2.05) is 74.5 Å². The van der Waals surface area contributed by atoms with E-state index in [9.17, 15) is 4.79 Å². The summed E-state index contributed by atoms with van der Waals surface area (Å²) in [6.07, 6.45) is 2.74. The van der Waals surface area contributed by atoms with Gasteiger partial charge in [0.15, 0.2) is 5.75 Å². The van der Waals surface area contributed by atoms with Crippen molar-refractivity contribution in [3.8, 4) is 11.5 Å². The van der Waals surface area contributed by atoms with Crippen LogP contribution in [0.2, 0.25) is 0 Å². The number of para-hydroxylation sites is 1. The van der Waals surface area contributed by atoms with E-state index in [0.717, 1.165) is 44.5 Å². The average Bonchev–Trinajstić information content (AvgIpc) is 2.86. The second-order valence-electron chi connectivity index (χ2n) is 8.14. The van der Waals surface area contributed by atoms with Crippen molar-refractivity contribution in [3.63, 3.8) is 0 Å². The number of hydrogen-bond acceptors (Lipinski definition) is 6. The van der Waals surface area contributed by atoms with Gasteiger partial charge in [-0.2, -0.15) is 0 Å². The topological polar surface area (TPSA) is 89.0 Å². The predicted molar refractivity (Wildman–Crippen MR) is 139 cm³/mol. The Hall–Kier alpha value is -4.78. The number of amides is 1. The Kier molecular flexibility index (Phi) is 5.81. The Morgan fingerprint density at radius 3 is 2.63 bits per heavy atom. The van der Waals surface area contributed by atoms with E-state index >= 15 is 0 Å². The maximum absolute atomic E-state index is 11.7. The van der Waals surface area contributed by atoms with E-state index < -0.39 is 0 Å². The fraction of sp³-hybridized carbons (Fsp3) is 0.0714. The van der Waals surface area contributed by atoms with E-state index in [1.54, 1.807) is 6.07 Å². The van der Waals surface area contributed by atoms with Crippen LogP contribution in [-0.4, -0.2) is 20.9 Å².